The molecule has 1 aliphatic rings. The summed E-state index contributed by atoms with van der Waals surface area (Å²) < 4.78 is 44.8. The molecule has 1 aliphatic carbocycles. The Morgan fingerprint density at radius 2 is 1.86 bits per heavy atom. The van der Waals surface area contributed by atoms with Gasteiger partial charge in [-0.3, -0.25) is 4.79 Å². The fourth-order valence-corrected chi connectivity index (χ4v) is 2.95. The van der Waals surface area contributed by atoms with Gasteiger partial charge in [-0.25, -0.2) is 8.78 Å². The molecule has 0 N–H and O–H groups in total. The third kappa shape index (κ3) is 5.00. The van der Waals surface area contributed by atoms with Gasteiger partial charge in [0.15, 0.2) is 17.4 Å². The second-order valence-corrected chi connectivity index (χ2v) is 7.01. The van der Waals surface area contributed by atoms with Crippen LogP contribution in [-0.4, -0.2) is 25.3 Å². The van der Waals surface area contributed by atoms with Gasteiger partial charge in [0.25, 0.3) is 0 Å². The Labute approximate surface area is 163 Å². The van der Waals surface area contributed by atoms with E-state index in [-0.39, 0.29) is 12.5 Å². The highest BCUT2D eigenvalue weighted by Gasteiger charge is 2.20. The van der Waals surface area contributed by atoms with E-state index in [1.807, 2.05) is 6.07 Å². The Hall–Kier alpha value is -2.63. The summed E-state index contributed by atoms with van der Waals surface area (Å²) in [5.41, 5.74) is 1.07. The summed E-state index contributed by atoms with van der Waals surface area (Å²) >= 11 is 0. The zero-order valence-electron chi connectivity index (χ0n) is 16.0. The van der Waals surface area contributed by atoms with Crippen molar-refractivity contribution in [3.05, 3.63) is 48.0 Å². The van der Waals surface area contributed by atoms with Crippen LogP contribution in [0.15, 0.2) is 36.4 Å². The number of methoxy groups -OCH3 is 1. The van der Waals surface area contributed by atoms with E-state index in [0.29, 0.717) is 23.3 Å². The number of rotatable bonds is 8. The lowest BCUT2D eigenvalue weighted by Crippen LogP contribution is -2.24. The maximum atomic E-state index is 14.5. The van der Waals surface area contributed by atoms with E-state index < -0.39 is 29.5 Å². The monoisotopic (exact) mass is 390 g/mol. The Morgan fingerprint density at radius 3 is 2.46 bits per heavy atom. The van der Waals surface area contributed by atoms with Crippen LogP contribution < -0.4 is 9.47 Å². The number of ether oxygens (including phenoxy) is 3. The van der Waals surface area contributed by atoms with Crippen molar-refractivity contribution < 1.29 is 27.8 Å². The van der Waals surface area contributed by atoms with E-state index in [9.17, 15) is 13.6 Å². The third-order valence-electron chi connectivity index (χ3n) is 4.82. The molecule has 0 bridgehead atoms. The first-order chi connectivity index (χ1) is 13.5. The van der Waals surface area contributed by atoms with Gasteiger partial charge in [-0.2, -0.15) is 0 Å². The number of benzene rings is 2. The van der Waals surface area contributed by atoms with Crippen LogP contribution >= 0.6 is 0 Å². The molecule has 1 atom stereocenters. The minimum Gasteiger partial charge on any atom is -0.490 e. The predicted molar refractivity (Wildman–Crippen MR) is 101 cm³/mol. The van der Waals surface area contributed by atoms with Crippen LogP contribution in [0, 0.1) is 11.6 Å². The number of hydrogen-bond donors (Lipinski definition) is 0. The van der Waals surface area contributed by atoms with Crippen molar-refractivity contribution in [1.82, 2.24) is 0 Å². The van der Waals surface area contributed by atoms with E-state index in [2.05, 4.69) is 4.74 Å². The Bertz CT molecular complexity index is 810. The van der Waals surface area contributed by atoms with Crippen LogP contribution in [-0.2, 0) is 9.53 Å². The molecular formula is C22H24F2O4. The lowest BCUT2D eigenvalue weighted by atomic mass is 9.96. The molecule has 0 saturated heterocycles. The zero-order chi connectivity index (χ0) is 20.1. The van der Waals surface area contributed by atoms with Crippen LogP contribution in [0.25, 0.3) is 11.1 Å². The average Bonchev–Trinajstić information content (AvgIpc) is 2.65. The first-order valence-corrected chi connectivity index (χ1v) is 9.46. The van der Waals surface area contributed by atoms with E-state index in [1.165, 1.54) is 25.7 Å². The van der Waals surface area contributed by atoms with Crippen molar-refractivity contribution in [3.8, 4) is 22.6 Å². The smallest absolute Gasteiger partial charge is 0.305 e. The highest BCUT2D eigenvalue weighted by Crippen LogP contribution is 2.32. The van der Waals surface area contributed by atoms with Crippen molar-refractivity contribution in [2.75, 3.05) is 7.11 Å². The van der Waals surface area contributed by atoms with Gasteiger partial charge in [-0.15, -0.1) is 0 Å². The largest absolute Gasteiger partial charge is 0.490 e. The molecule has 0 aliphatic heterocycles. The van der Waals surface area contributed by atoms with Gasteiger partial charge < -0.3 is 14.2 Å². The Balaban J connectivity index is 1.72. The summed E-state index contributed by atoms with van der Waals surface area (Å²) in [7, 11) is 1.29. The van der Waals surface area contributed by atoms with E-state index in [0.717, 1.165) is 12.8 Å². The molecule has 1 fully saturated rings. The second kappa shape index (κ2) is 9.04. The van der Waals surface area contributed by atoms with Gasteiger partial charge >= 0.3 is 5.97 Å². The first kappa shape index (κ1) is 20.1. The van der Waals surface area contributed by atoms with Crippen molar-refractivity contribution in [1.29, 1.82) is 0 Å². The maximum Gasteiger partial charge on any atom is 0.305 e. The van der Waals surface area contributed by atoms with E-state index >= 15 is 0 Å². The quantitative estimate of drug-likeness (QED) is 0.575. The minimum absolute atomic E-state index is 0.118. The van der Waals surface area contributed by atoms with E-state index in [1.54, 1.807) is 25.1 Å². The van der Waals surface area contributed by atoms with Gasteiger partial charge in [-0.1, -0.05) is 12.1 Å². The molecule has 1 saturated carbocycles. The van der Waals surface area contributed by atoms with Crippen molar-refractivity contribution in [2.24, 2.45) is 0 Å². The molecule has 0 amide bonds. The fourth-order valence-electron chi connectivity index (χ4n) is 2.95. The summed E-state index contributed by atoms with van der Waals surface area (Å²) in [5, 5.41) is 0. The standard InChI is InChI=1S/C22H24F2O4/c1-14(9-10-21(25)26-2)27-22-19(23)12-16(13-20(22)24)15-5-3-8-18(11-15)28-17-6-4-7-17/h3,5,8,11-14,17H,4,6-7,9-10H2,1-2H3. The van der Waals surface area contributed by atoms with Crippen LogP contribution in [0.4, 0.5) is 8.78 Å². The second-order valence-electron chi connectivity index (χ2n) is 7.01. The molecule has 2 aromatic rings. The first-order valence-electron chi connectivity index (χ1n) is 9.46. The molecule has 150 valence electrons. The molecule has 0 radical (unpaired) electrons. The van der Waals surface area contributed by atoms with Crippen LogP contribution in [0.1, 0.15) is 39.0 Å². The van der Waals surface area contributed by atoms with Crippen LogP contribution in [0.3, 0.4) is 0 Å². The molecular weight excluding hydrogens is 366 g/mol. The zero-order valence-corrected chi connectivity index (χ0v) is 16.0. The normalized spacial score (nSPS) is 14.9. The van der Waals surface area contributed by atoms with E-state index in [4.69, 9.17) is 9.47 Å². The summed E-state index contributed by atoms with van der Waals surface area (Å²) in [6.45, 7) is 1.65. The summed E-state index contributed by atoms with van der Waals surface area (Å²) in [5.74, 6) is -1.71. The van der Waals surface area contributed by atoms with Gasteiger partial charge in [0.1, 0.15) is 5.75 Å². The molecule has 6 heteroatoms. The van der Waals surface area contributed by atoms with Gasteiger partial charge in [0.05, 0.1) is 19.3 Å². The molecule has 0 aromatic heterocycles. The molecule has 1 unspecified atom stereocenters. The molecule has 2 aromatic carbocycles. The summed E-state index contributed by atoms with van der Waals surface area (Å²) in [6.07, 6.45) is 3.35. The summed E-state index contributed by atoms with van der Waals surface area (Å²) in [4.78, 5) is 11.2. The van der Waals surface area contributed by atoms with Crippen molar-refractivity contribution in [3.63, 3.8) is 0 Å². The Kier molecular flexibility index (Phi) is 6.49. The topological polar surface area (TPSA) is 44.8 Å². The lowest BCUT2D eigenvalue weighted by molar-refractivity contribution is -0.141. The highest BCUT2D eigenvalue weighted by molar-refractivity contribution is 5.69. The average molecular weight is 390 g/mol. The lowest BCUT2D eigenvalue weighted by Gasteiger charge is -2.26. The predicted octanol–water partition coefficient (Wildman–Crippen LogP) is 5.28. The summed E-state index contributed by atoms with van der Waals surface area (Å²) in [6, 6.07) is 9.70. The van der Waals surface area contributed by atoms with Crippen LogP contribution in [0.5, 0.6) is 11.5 Å². The fraction of sp³-hybridized carbons (Fsp3) is 0.409. The number of carbonyl (C=O) groups is 1. The Morgan fingerprint density at radius 1 is 1.14 bits per heavy atom. The highest BCUT2D eigenvalue weighted by atomic mass is 19.1. The van der Waals surface area contributed by atoms with Crippen molar-refractivity contribution >= 4 is 5.97 Å². The van der Waals surface area contributed by atoms with Gasteiger partial charge in [-0.05, 0) is 68.0 Å². The number of carbonyl (C=O) groups excluding carboxylic acids is 1. The van der Waals surface area contributed by atoms with Gasteiger partial charge in [0, 0.05) is 6.42 Å². The maximum absolute atomic E-state index is 14.5. The molecule has 0 heterocycles. The SMILES string of the molecule is COC(=O)CCC(C)Oc1c(F)cc(-c2cccc(OC3CCC3)c2)cc1F. The number of esters is 1. The molecule has 28 heavy (non-hydrogen) atoms. The van der Waals surface area contributed by atoms with Crippen molar-refractivity contribution in [2.45, 2.75) is 51.2 Å². The number of halogens is 2. The number of hydrogen-bond acceptors (Lipinski definition) is 4. The molecule has 4 nitrogen and oxygen atoms in total. The van der Waals surface area contributed by atoms with Crippen LogP contribution in [0.2, 0.25) is 0 Å². The van der Waals surface area contributed by atoms with Gasteiger partial charge in [0.2, 0.25) is 0 Å². The molecule has 0 spiro atoms. The molecule has 3 rings (SSSR count). The minimum atomic E-state index is -0.787. The third-order valence-corrected chi connectivity index (χ3v) is 4.82.